The first-order chi connectivity index (χ1) is 39.4. The summed E-state index contributed by atoms with van der Waals surface area (Å²) in [7, 11) is 1.19. The molecule has 0 saturated heterocycles. The molecule has 0 aliphatic carbocycles. The molecular formula is C71H133N2O7P. The van der Waals surface area contributed by atoms with Gasteiger partial charge in [0.15, 0.2) is 0 Å². The highest BCUT2D eigenvalue weighted by Gasteiger charge is 2.27. The molecule has 3 atom stereocenters. The number of amides is 1. The Bertz CT molecular complexity index is 1570. The number of carbonyl (C=O) groups is 2. The van der Waals surface area contributed by atoms with Gasteiger partial charge in [0.05, 0.1) is 33.8 Å². The van der Waals surface area contributed by atoms with E-state index in [0.717, 1.165) is 70.6 Å². The fraction of sp³-hybridized carbons (Fsp3) is 0.831. The van der Waals surface area contributed by atoms with Gasteiger partial charge >= 0.3 is 5.97 Å². The summed E-state index contributed by atoms with van der Waals surface area (Å²) < 4.78 is 30.4. The van der Waals surface area contributed by atoms with Gasteiger partial charge in [-0.15, -0.1) is 0 Å². The second-order valence-corrected chi connectivity index (χ2v) is 26.1. The molecule has 9 nitrogen and oxygen atoms in total. The molecule has 0 saturated carbocycles. The molecule has 0 aromatic rings. The fourth-order valence-electron chi connectivity index (χ4n) is 10.1. The topological polar surface area (TPSA) is 114 Å². The number of phosphoric ester groups is 1. The van der Waals surface area contributed by atoms with E-state index in [1.54, 1.807) is 0 Å². The van der Waals surface area contributed by atoms with Gasteiger partial charge in [0, 0.05) is 12.8 Å². The van der Waals surface area contributed by atoms with E-state index in [4.69, 9.17) is 13.8 Å². The molecule has 0 heterocycles. The largest absolute Gasteiger partial charge is 0.756 e. The van der Waals surface area contributed by atoms with Crippen molar-refractivity contribution in [2.45, 2.75) is 341 Å². The van der Waals surface area contributed by atoms with Gasteiger partial charge in [-0.25, -0.2) is 0 Å². The number of ether oxygens (including phenoxy) is 1. The minimum Gasteiger partial charge on any atom is -0.756 e. The van der Waals surface area contributed by atoms with Gasteiger partial charge in [-0.2, -0.15) is 0 Å². The number of carbonyl (C=O) groups excluding carboxylic acids is 2. The number of unbranched alkanes of at least 4 members (excludes halogenated alkanes) is 39. The van der Waals surface area contributed by atoms with E-state index in [-0.39, 0.29) is 31.5 Å². The third-order valence-corrected chi connectivity index (χ3v) is 16.4. The van der Waals surface area contributed by atoms with Crippen LogP contribution in [0.2, 0.25) is 0 Å². The number of phosphoric acid groups is 1. The number of likely N-dealkylation sites (N-methyl/N-ethyl adjacent to an activating group) is 1. The van der Waals surface area contributed by atoms with Crippen molar-refractivity contribution >= 4 is 19.7 Å². The van der Waals surface area contributed by atoms with E-state index in [1.807, 2.05) is 33.3 Å². The summed E-state index contributed by atoms with van der Waals surface area (Å²) in [6.07, 6.45) is 77.6. The number of nitrogens with zero attached hydrogens (tertiary/aromatic N) is 1. The third kappa shape index (κ3) is 62.1. The van der Waals surface area contributed by atoms with E-state index in [9.17, 15) is 19.0 Å². The van der Waals surface area contributed by atoms with Crippen LogP contribution in [0.3, 0.4) is 0 Å². The number of rotatable bonds is 63. The molecule has 0 aliphatic heterocycles. The highest BCUT2D eigenvalue weighted by atomic mass is 31.2. The summed E-state index contributed by atoms with van der Waals surface area (Å²) in [6.45, 7) is 6.85. The van der Waals surface area contributed by atoms with Crippen molar-refractivity contribution in [3.8, 4) is 0 Å². The van der Waals surface area contributed by atoms with Crippen LogP contribution >= 0.6 is 7.82 Å². The zero-order valence-electron chi connectivity index (χ0n) is 54.2. The van der Waals surface area contributed by atoms with Crippen LogP contribution in [0.1, 0.15) is 329 Å². The molecule has 474 valence electrons. The highest BCUT2D eigenvalue weighted by molar-refractivity contribution is 7.45. The van der Waals surface area contributed by atoms with E-state index >= 15 is 0 Å². The molecule has 0 aromatic heterocycles. The quantitative estimate of drug-likeness (QED) is 0.0212. The van der Waals surface area contributed by atoms with Crippen molar-refractivity contribution in [1.82, 2.24) is 5.32 Å². The van der Waals surface area contributed by atoms with Crippen molar-refractivity contribution in [2.75, 3.05) is 40.9 Å². The first-order valence-electron chi connectivity index (χ1n) is 34.6. The monoisotopic (exact) mass is 1160 g/mol. The van der Waals surface area contributed by atoms with Gasteiger partial charge in [0.25, 0.3) is 7.82 Å². The van der Waals surface area contributed by atoms with Crippen molar-refractivity contribution in [1.29, 1.82) is 0 Å². The maximum atomic E-state index is 13.6. The lowest BCUT2D eigenvalue weighted by atomic mass is 10.0. The number of hydrogen-bond donors (Lipinski definition) is 1. The molecule has 0 aliphatic rings. The molecule has 1 amide bonds. The molecule has 0 spiro atoms. The van der Waals surface area contributed by atoms with Gasteiger partial charge in [-0.1, -0.05) is 281 Å². The van der Waals surface area contributed by atoms with Gasteiger partial charge in [-0.3, -0.25) is 14.2 Å². The molecule has 0 rings (SSSR count). The Balaban J connectivity index is 5.16. The summed E-state index contributed by atoms with van der Waals surface area (Å²) >= 11 is 0. The number of esters is 1. The maximum Gasteiger partial charge on any atom is 0.306 e. The van der Waals surface area contributed by atoms with Crippen LogP contribution in [-0.2, 0) is 27.9 Å². The second kappa shape index (κ2) is 60.8. The summed E-state index contributed by atoms with van der Waals surface area (Å²) in [5.74, 6) is -0.537. The van der Waals surface area contributed by atoms with Crippen molar-refractivity contribution in [3.05, 3.63) is 60.8 Å². The van der Waals surface area contributed by atoms with E-state index in [0.29, 0.717) is 17.4 Å². The summed E-state index contributed by atoms with van der Waals surface area (Å²) in [5.41, 5.74) is 0. The molecule has 10 heteroatoms. The van der Waals surface area contributed by atoms with Gasteiger partial charge in [0.2, 0.25) is 5.91 Å². The van der Waals surface area contributed by atoms with Crippen LogP contribution in [-0.4, -0.2) is 69.4 Å². The van der Waals surface area contributed by atoms with Crippen LogP contribution in [0.25, 0.3) is 0 Å². The Morgan fingerprint density at radius 2 is 0.753 bits per heavy atom. The van der Waals surface area contributed by atoms with Crippen LogP contribution < -0.4 is 10.2 Å². The average molecular weight is 1160 g/mol. The summed E-state index contributed by atoms with van der Waals surface area (Å²) in [4.78, 5) is 40.2. The predicted molar refractivity (Wildman–Crippen MR) is 349 cm³/mol. The minimum atomic E-state index is -4.70. The standard InChI is InChI=1S/C71H133N2O7P/c1-7-10-13-16-19-22-25-28-30-32-34-35-36-37-39-41-43-46-49-52-55-58-61-64-71(75)80-69(62-59-56-53-50-47-44-27-24-21-18-15-12-9-3)68(67-79-81(76,77)78-66-65-73(4,5)6)72-70(74)63-60-57-54-51-48-45-42-40-38-33-31-29-26-23-20-17-14-11-8-2/h19,22,28-31,34-35,59,62,68-69H,7-18,20-21,23-27,32-33,36-58,60-61,63-67H2,1-6H3,(H-,72,74,76,77)/b22-19-,30-28-,31-29+,35-34-,62-59+. The molecule has 3 unspecified atom stereocenters. The Kier molecular flexibility index (Phi) is 59.1. The van der Waals surface area contributed by atoms with E-state index in [1.165, 1.54) is 225 Å². The van der Waals surface area contributed by atoms with Crippen LogP contribution in [0, 0.1) is 0 Å². The molecule has 1 N–H and O–H groups in total. The van der Waals surface area contributed by atoms with Crippen LogP contribution in [0.15, 0.2) is 60.8 Å². The van der Waals surface area contributed by atoms with E-state index < -0.39 is 20.0 Å². The SMILES string of the molecule is CCCCC/C=C\C/C=C\C/C=C\CCCCCCCCCCCCC(=O)OC(/C=C/CCCCCCCCCCCCC)C(COP(=O)([O-])OCC[N+](C)(C)C)NC(=O)CCCCCCCCCCC/C=C/CCCCCCCC. The number of nitrogens with one attached hydrogen (secondary N) is 1. The molecule has 0 fully saturated rings. The predicted octanol–water partition coefficient (Wildman–Crippen LogP) is 21.2. The Hall–Kier alpha value is -2.29. The van der Waals surface area contributed by atoms with E-state index in [2.05, 4.69) is 74.7 Å². The molecule has 0 radical (unpaired) electrons. The Labute approximate surface area is 502 Å². The Morgan fingerprint density at radius 3 is 1.16 bits per heavy atom. The van der Waals surface area contributed by atoms with Crippen molar-refractivity contribution in [2.24, 2.45) is 0 Å². The normalized spacial score (nSPS) is 13.9. The van der Waals surface area contributed by atoms with Crippen molar-refractivity contribution < 1.29 is 37.3 Å². The molecule has 81 heavy (non-hydrogen) atoms. The zero-order valence-corrected chi connectivity index (χ0v) is 55.1. The van der Waals surface area contributed by atoms with Gasteiger partial charge in [0.1, 0.15) is 19.3 Å². The minimum absolute atomic E-state index is 0.0235. The van der Waals surface area contributed by atoms with Crippen molar-refractivity contribution in [3.63, 3.8) is 0 Å². The third-order valence-electron chi connectivity index (χ3n) is 15.4. The smallest absolute Gasteiger partial charge is 0.306 e. The number of quaternary nitrogens is 1. The van der Waals surface area contributed by atoms with Gasteiger partial charge < -0.3 is 28.5 Å². The summed E-state index contributed by atoms with van der Waals surface area (Å²) in [6, 6.07) is -0.892. The average Bonchev–Trinajstić information content (AvgIpc) is 3.44. The number of hydrogen-bond acceptors (Lipinski definition) is 7. The molecule has 0 bridgehead atoms. The molecule has 0 aromatic carbocycles. The fourth-order valence-corrected chi connectivity index (χ4v) is 10.8. The second-order valence-electron chi connectivity index (χ2n) is 24.7. The van der Waals surface area contributed by atoms with Gasteiger partial charge in [-0.05, 0) is 96.0 Å². The maximum absolute atomic E-state index is 13.6. The lowest BCUT2D eigenvalue weighted by Crippen LogP contribution is -2.47. The van der Waals surface area contributed by atoms with Crippen LogP contribution in [0.5, 0.6) is 0 Å². The Morgan fingerprint density at radius 1 is 0.432 bits per heavy atom. The first kappa shape index (κ1) is 78.7. The lowest BCUT2D eigenvalue weighted by Gasteiger charge is -2.30. The summed E-state index contributed by atoms with van der Waals surface area (Å²) in [5, 5.41) is 3.04. The molecular weight excluding hydrogens is 1020 g/mol. The van der Waals surface area contributed by atoms with Crippen LogP contribution in [0.4, 0.5) is 0 Å². The first-order valence-corrected chi connectivity index (χ1v) is 36.1. The lowest BCUT2D eigenvalue weighted by molar-refractivity contribution is -0.870. The highest BCUT2D eigenvalue weighted by Crippen LogP contribution is 2.38. The number of allylic oxidation sites excluding steroid dienone is 9. The zero-order chi connectivity index (χ0) is 59.3.